The van der Waals surface area contributed by atoms with Crippen LogP contribution >= 0.6 is 28.1 Å². The summed E-state index contributed by atoms with van der Waals surface area (Å²) in [5.41, 5.74) is -0.0261. The molecule has 1 fully saturated rings. The van der Waals surface area contributed by atoms with Gasteiger partial charge < -0.3 is 4.18 Å². The molecule has 1 aliphatic rings. The molecule has 0 bridgehead atoms. The second kappa shape index (κ2) is 8.30. The summed E-state index contributed by atoms with van der Waals surface area (Å²) in [6.45, 7) is 0. The summed E-state index contributed by atoms with van der Waals surface area (Å²) < 4.78 is 30.1. The molecule has 2 aromatic rings. The number of carbonyl (C=O) groups excluding carboxylic acids is 2. The van der Waals surface area contributed by atoms with Crippen molar-refractivity contribution < 1.29 is 27.1 Å². The molecule has 10 nitrogen and oxygen atoms in total. The number of carbonyl (C=O) groups is 2. The van der Waals surface area contributed by atoms with Gasteiger partial charge in [0.1, 0.15) is 10.5 Å². The minimum absolute atomic E-state index is 0.0609. The lowest BCUT2D eigenvalue weighted by Crippen LogP contribution is -2.51. The van der Waals surface area contributed by atoms with Crippen molar-refractivity contribution in [3.05, 3.63) is 68.2 Å². The van der Waals surface area contributed by atoms with E-state index in [-0.39, 0.29) is 31.5 Å². The average molecular weight is 512 g/mol. The number of nitro groups is 1. The summed E-state index contributed by atoms with van der Waals surface area (Å²) in [6.07, 6.45) is 1.30. The van der Waals surface area contributed by atoms with Crippen molar-refractivity contribution in [3.63, 3.8) is 0 Å². The Bertz CT molecular complexity index is 1200. The maximum atomic E-state index is 12.4. The topological polar surface area (TPSA) is 145 Å². The fraction of sp³-hybridized carbons (Fsp3) is 0. The Hall–Kier alpha value is -3.16. The van der Waals surface area contributed by atoms with Gasteiger partial charge in [-0.1, -0.05) is 6.07 Å². The number of thiocarbonyl (C=S) groups is 1. The Morgan fingerprint density at radius 1 is 1.07 bits per heavy atom. The summed E-state index contributed by atoms with van der Waals surface area (Å²) in [7, 11) is -4.25. The number of halogens is 1. The Morgan fingerprint density at radius 2 is 1.67 bits per heavy atom. The molecule has 1 aliphatic heterocycles. The van der Waals surface area contributed by atoms with E-state index < -0.39 is 26.9 Å². The van der Waals surface area contributed by atoms with Crippen LogP contribution in [0.2, 0.25) is 0 Å². The Labute approximate surface area is 183 Å². The van der Waals surface area contributed by atoms with Crippen LogP contribution in [0.4, 0.5) is 5.69 Å². The van der Waals surface area contributed by atoms with Crippen molar-refractivity contribution >= 4 is 67.0 Å². The highest BCUT2D eigenvalue weighted by molar-refractivity contribution is 9.10. The van der Waals surface area contributed by atoms with Crippen molar-refractivity contribution in [2.24, 2.45) is 0 Å². The summed E-state index contributed by atoms with van der Waals surface area (Å²) in [5.74, 6) is -1.39. The highest BCUT2D eigenvalue weighted by Crippen LogP contribution is 2.30. The van der Waals surface area contributed by atoms with E-state index in [0.29, 0.717) is 5.56 Å². The average Bonchev–Trinajstić information content (AvgIpc) is 2.66. The van der Waals surface area contributed by atoms with Crippen LogP contribution in [0.25, 0.3) is 6.08 Å². The van der Waals surface area contributed by atoms with Crippen LogP contribution in [-0.2, 0) is 19.7 Å². The first kappa shape index (κ1) is 21.5. The van der Waals surface area contributed by atoms with Gasteiger partial charge in [-0.25, -0.2) is 0 Å². The molecule has 0 radical (unpaired) electrons. The maximum absolute atomic E-state index is 12.4. The zero-order valence-electron chi connectivity index (χ0n) is 14.6. The predicted octanol–water partition coefficient (Wildman–Crippen LogP) is 2.04. The van der Waals surface area contributed by atoms with E-state index in [9.17, 15) is 28.1 Å². The van der Waals surface area contributed by atoms with Crippen molar-refractivity contribution in [2.75, 3.05) is 0 Å². The van der Waals surface area contributed by atoms with E-state index in [1.807, 2.05) is 0 Å². The summed E-state index contributed by atoms with van der Waals surface area (Å²) in [6, 6.07) is 8.42. The van der Waals surface area contributed by atoms with Crippen molar-refractivity contribution in [1.82, 2.24) is 10.6 Å². The third-order valence-corrected chi connectivity index (χ3v) is 5.82. The molecule has 2 amide bonds. The van der Waals surface area contributed by atoms with E-state index in [1.165, 1.54) is 24.3 Å². The van der Waals surface area contributed by atoms with Gasteiger partial charge in [-0.05, 0) is 64.1 Å². The summed E-state index contributed by atoms with van der Waals surface area (Å²) >= 11 is 7.90. The summed E-state index contributed by atoms with van der Waals surface area (Å²) in [4.78, 5) is 33.6. The van der Waals surface area contributed by atoms with Crippen LogP contribution < -0.4 is 14.8 Å². The quantitative estimate of drug-likeness (QED) is 0.155. The SMILES string of the molecule is O=C1NC(=S)NC(=O)C1=Cc1ccc(OS(=O)(=O)c2ccc([N+](=O)[O-])cc2)c(Br)c1. The van der Waals surface area contributed by atoms with Gasteiger partial charge in [0.05, 0.1) is 9.40 Å². The molecule has 30 heavy (non-hydrogen) atoms. The van der Waals surface area contributed by atoms with Crippen molar-refractivity contribution in [2.45, 2.75) is 4.90 Å². The van der Waals surface area contributed by atoms with Crippen LogP contribution in [0, 0.1) is 10.1 Å². The van der Waals surface area contributed by atoms with E-state index in [0.717, 1.165) is 24.3 Å². The maximum Gasteiger partial charge on any atom is 0.339 e. The monoisotopic (exact) mass is 511 g/mol. The number of non-ortho nitro benzene ring substituents is 1. The highest BCUT2D eigenvalue weighted by Gasteiger charge is 2.26. The number of rotatable bonds is 5. The fourth-order valence-corrected chi connectivity index (χ4v) is 4.07. The first-order valence-electron chi connectivity index (χ1n) is 7.94. The normalized spacial score (nSPS) is 14.0. The van der Waals surface area contributed by atoms with Crippen LogP contribution in [0.5, 0.6) is 5.75 Å². The van der Waals surface area contributed by atoms with E-state index in [2.05, 4.69) is 26.6 Å². The molecule has 0 atom stereocenters. The Morgan fingerprint density at radius 3 is 2.20 bits per heavy atom. The van der Waals surface area contributed by atoms with Gasteiger partial charge in [-0.2, -0.15) is 8.42 Å². The number of hydrogen-bond donors (Lipinski definition) is 2. The Balaban J connectivity index is 1.84. The number of benzene rings is 2. The number of nitro benzene ring substituents is 1. The highest BCUT2D eigenvalue weighted by atomic mass is 79.9. The summed E-state index contributed by atoms with van der Waals surface area (Å²) in [5, 5.41) is 15.2. The van der Waals surface area contributed by atoms with Crippen molar-refractivity contribution in [1.29, 1.82) is 0 Å². The van der Waals surface area contributed by atoms with Gasteiger partial charge in [0.15, 0.2) is 10.9 Å². The smallest absolute Gasteiger partial charge is 0.339 e. The molecule has 0 saturated carbocycles. The molecule has 1 heterocycles. The molecule has 0 aromatic heterocycles. The molecule has 3 rings (SSSR count). The van der Waals surface area contributed by atoms with Crippen LogP contribution in [0.1, 0.15) is 5.56 Å². The first-order valence-corrected chi connectivity index (χ1v) is 10.5. The second-order valence-corrected chi connectivity index (χ2v) is 8.58. The van der Waals surface area contributed by atoms with Gasteiger partial charge in [0.2, 0.25) is 0 Å². The van der Waals surface area contributed by atoms with Crippen LogP contribution in [0.15, 0.2) is 57.4 Å². The zero-order chi connectivity index (χ0) is 22.1. The lowest BCUT2D eigenvalue weighted by Gasteiger charge is -2.16. The van der Waals surface area contributed by atoms with Gasteiger partial charge >= 0.3 is 10.1 Å². The lowest BCUT2D eigenvalue weighted by molar-refractivity contribution is -0.384. The number of hydrogen-bond acceptors (Lipinski definition) is 8. The number of nitrogens with one attached hydrogen (secondary N) is 2. The molecular formula is C17H10BrN3O7S2. The molecule has 0 aliphatic carbocycles. The first-order chi connectivity index (χ1) is 14.1. The zero-order valence-corrected chi connectivity index (χ0v) is 17.8. The van der Waals surface area contributed by atoms with Gasteiger partial charge in [-0.3, -0.25) is 30.3 Å². The third kappa shape index (κ3) is 4.69. The fourth-order valence-electron chi connectivity index (χ4n) is 2.35. The molecule has 2 aromatic carbocycles. The minimum atomic E-state index is -4.25. The van der Waals surface area contributed by atoms with Gasteiger partial charge in [0, 0.05) is 12.1 Å². The lowest BCUT2D eigenvalue weighted by atomic mass is 10.1. The number of nitrogens with zero attached hydrogens (tertiary/aromatic N) is 1. The van der Waals surface area contributed by atoms with E-state index in [4.69, 9.17) is 16.4 Å². The molecule has 2 N–H and O–H groups in total. The largest absolute Gasteiger partial charge is 0.378 e. The standard InChI is InChI=1S/C17H10BrN3O7S2/c18-13-8-9(7-12-15(22)19-17(29)20-16(12)23)1-6-14(13)28-30(26,27)11-4-2-10(3-5-11)21(24)25/h1-8H,(H2,19,20,22,23,29). The third-order valence-electron chi connectivity index (χ3n) is 3.75. The Kier molecular flexibility index (Phi) is 5.96. The van der Waals surface area contributed by atoms with Crippen LogP contribution in [0.3, 0.4) is 0 Å². The molecule has 0 spiro atoms. The van der Waals surface area contributed by atoms with E-state index >= 15 is 0 Å². The molecule has 1 saturated heterocycles. The molecule has 13 heteroatoms. The molecular weight excluding hydrogens is 502 g/mol. The molecule has 0 unspecified atom stereocenters. The van der Waals surface area contributed by atoms with Crippen molar-refractivity contribution in [3.8, 4) is 5.75 Å². The van der Waals surface area contributed by atoms with Crippen LogP contribution in [-0.4, -0.2) is 30.3 Å². The predicted molar refractivity (Wildman–Crippen MR) is 112 cm³/mol. The minimum Gasteiger partial charge on any atom is -0.378 e. The van der Waals surface area contributed by atoms with Gasteiger partial charge in [-0.15, -0.1) is 0 Å². The van der Waals surface area contributed by atoms with E-state index in [1.54, 1.807) is 0 Å². The molecule has 154 valence electrons. The number of amides is 2. The van der Waals surface area contributed by atoms with Gasteiger partial charge in [0.25, 0.3) is 17.5 Å². The second-order valence-electron chi connectivity index (χ2n) is 5.77.